The van der Waals surface area contributed by atoms with Crippen LogP contribution in [0.25, 0.3) is 0 Å². The number of nitrogens with zero attached hydrogens (tertiary/aromatic N) is 7. The van der Waals surface area contributed by atoms with Crippen molar-refractivity contribution in [3.05, 3.63) is 106 Å². The van der Waals surface area contributed by atoms with E-state index >= 15 is 8.78 Å². The minimum Gasteiger partial charge on any atom is -0.380 e. The average molecular weight is 1050 g/mol. The summed E-state index contributed by atoms with van der Waals surface area (Å²) in [6.07, 6.45) is 6.25. The van der Waals surface area contributed by atoms with Crippen molar-refractivity contribution in [2.75, 3.05) is 73.8 Å². The molecule has 1 unspecified atom stereocenters. The van der Waals surface area contributed by atoms with Crippen molar-refractivity contribution in [2.45, 2.75) is 136 Å². The molecule has 76 heavy (non-hydrogen) atoms. The van der Waals surface area contributed by atoms with E-state index in [4.69, 9.17) is 0 Å². The first-order chi connectivity index (χ1) is 35.9. The summed E-state index contributed by atoms with van der Waals surface area (Å²) < 4.78 is 31.0. The summed E-state index contributed by atoms with van der Waals surface area (Å²) in [4.78, 5) is 82.8. The highest BCUT2D eigenvalue weighted by molar-refractivity contribution is 6.03. The smallest absolute Gasteiger partial charge is 0.343 e. The van der Waals surface area contributed by atoms with Gasteiger partial charge in [-0.1, -0.05) is 58.0 Å². The van der Waals surface area contributed by atoms with E-state index in [1.807, 2.05) is 36.4 Å². The number of benzene rings is 3. The minimum atomic E-state index is -0.667. The van der Waals surface area contributed by atoms with Gasteiger partial charge < -0.3 is 36.0 Å². The zero-order valence-corrected chi connectivity index (χ0v) is 45.6. The SMILES string of the molecule is CC1(C)CCN(Cc2cc(F)c(N3CC(=O)NC4(CCN(c5cc(NCc6cccc(CNC(=O)CC(C)(C)CC(C)(C)Nc7cccc8c7CN(C7CCC(=O)[N+](C)(C)C7=O)C8=O)c6)ncn5)CC4)C3)cc2F)CC1. The second kappa shape index (κ2) is 21.1. The number of hydrogen-bond donors (Lipinski definition) is 4. The van der Waals surface area contributed by atoms with Gasteiger partial charge in [-0.2, -0.15) is 0 Å². The molecule has 1 aromatic heterocycles. The van der Waals surface area contributed by atoms with Crippen molar-refractivity contribution in [1.29, 1.82) is 0 Å². The number of halogens is 2. The number of rotatable bonds is 16. The monoisotopic (exact) mass is 1040 g/mol. The topological polar surface area (TPSA) is 172 Å². The van der Waals surface area contributed by atoms with Crippen LogP contribution in [0, 0.1) is 22.5 Å². The van der Waals surface area contributed by atoms with E-state index in [-0.39, 0.29) is 64.6 Å². The number of nitrogens with one attached hydrogen (secondary N) is 4. The highest BCUT2D eigenvalue weighted by Gasteiger charge is 2.51. The van der Waals surface area contributed by atoms with Crippen LogP contribution in [0.2, 0.25) is 0 Å². The lowest BCUT2D eigenvalue weighted by atomic mass is 9.77. The number of imide groups is 1. The van der Waals surface area contributed by atoms with Crippen molar-refractivity contribution < 1.29 is 37.2 Å². The Balaban J connectivity index is 0.735. The number of likely N-dealkylation sites (N-methyl/N-ethyl adjacent to an activating group) is 1. The summed E-state index contributed by atoms with van der Waals surface area (Å²) in [5, 5.41) is 13.4. The number of quaternary nitrogens is 1. The summed E-state index contributed by atoms with van der Waals surface area (Å²) in [7, 11) is 3.18. The molecule has 5 aliphatic rings. The third kappa shape index (κ3) is 12.2. The van der Waals surface area contributed by atoms with Crippen molar-refractivity contribution in [1.82, 2.24) is 30.4 Å². The molecule has 6 heterocycles. The Kier molecular flexibility index (Phi) is 15.1. The van der Waals surface area contributed by atoms with Gasteiger partial charge in [0.25, 0.3) is 5.91 Å². The maximum Gasteiger partial charge on any atom is 0.343 e. The second-order valence-electron chi connectivity index (χ2n) is 24.7. The number of anilines is 4. The molecule has 0 radical (unpaired) electrons. The summed E-state index contributed by atoms with van der Waals surface area (Å²) in [6.45, 7) is 17.5. The largest absolute Gasteiger partial charge is 0.380 e. The van der Waals surface area contributed by atoms with E-state index in [1.54, 1.807) is 30.0 Å². The van der Waals surface area contributed by atoms with Gasteiger partial charge in [0.1, 0.15) is 35.6 Å². The van der Waals surface area contributed by atoms with E-state index in [0.29, 0.717) is 88.3 Å². The molecule has 9 rings (SSSR count). The van der Waals surface area contributed by atoms with E-state index in [2.05, 4.69) is 88.6 Å². The third-order valence-electron chi connectivity index (χ3n) is 16.4. The highest BCUT2D eigenvalue weighted by Crippen LogP contribution is 2.39. The number of aromatic nitrogens is 2. The molecule has 4 N–H and O–H groups in total. The normalized spacial score (nSPS) is 20.7. The van der Waals surface area contributed by atoms with Gasteiger partial charge >= 0.3 is 11.8 Å². The van der Waals surface area contributed by atoms with Crippen molar-refractivity contribution in [3.63, 3.8) is 0 Å². The molecule has 406 valence electrons. The quantitative estimate of drug-likeness (QED) is 0.0644. The van der Waals surface area contributed by atoms with Gasteiger partial charge in [-0.25, -0.2) is 32.8 Å². The molecule has 0 saturated carbocycles. The van der Waals surface area contributed by atoms with Crippen LogP contribution in [0.1, 0.15) is 126 Å². The molecule has 5 aliphatic heterocycles. The molecule has 16 nitrogen and oxygen atoms in total. The maximum absolute atomic E-state index is 15.8. The van der Waals surface area contributed by atoms with Crippen LogP contribution < -0.4 is 31.1 Å². The van der Waals surface area contributed by atoms with Gasteiger partial charge in [0.15, 0.2) is 0 Å². The van der Waals surface area contributed by atoms with Crippen LogP contribution in [-0.2, 0) is 45.4 Å². The van der Waals surface area contributed by atoms with Crippen LogP contribution in [-0.4, -0.2) is 124 Å². The van der Waals surface area contributed by atoms with E-state index in [9.17, 15) is 24.0 Å². The van der Waals surface area contributed by atoms with Crippen LogP contribution in [0.5, 0.6) is 0 Å². The number of piperidine rings is 3. The number of carbonyl (C=O) groups is 5. The first kappa shape index (κ1) is 54.3. The maximum atomic E-state index is 15.8. The highest BCUT2D eigenvalue weighted by atomic mass is 19.1. The number of carbonyl (C=O) groups excluding carboxylic acids is 5. The van der Waals surface area contributed by atoms with Gasteiger partial charge in [0.2, 0.25) is 11.8 Å². The predicted molar refractivity (Wildman–Crippen MR) is 289 cm³/mol. The molecule has 4 fully saturated rings. The second-order valence-corrected chi connectivity index (χ2v) is 24.7. The lowest BCUT2D eigenvalue weighted by Gasteiger charge is -2.48. The third-order valence-corrected chi connectivity index (χ3v) is 16.4. The fourth-order valence-corrected chi connectivity index (χ4v) is 12.3. The van der Waals surface area contributed by atoms with Gasteiger partial charge in [-0.3, -0.25) is 19.3 Å². The number of amides is 5. The molecule has 1 spiro atoms. The zero-order valence-electron chi connectivity index (χ0n) is 45.6. The first-order valence-electron chi connectivity index (χ1n) is 26.9. The molecule has 5 amide bonds. The summed E-state index contributed by atoms with van der Waals surface area (Å²) >= 11 is 0. The van der Waals surface area contributed by atoms with Gasteiger partial charge in [-0.05, 0) is 106 Å². The van der Waals surface area contributed by atoms with Crippen LogP contribution in [0.3, 0.4) is 0 Å². The Morgan fingerprint density at radius 3 is 2.29 bits per heavy atom. The molecule has 0 aliphatic carbocycles. The number of fused-ring (bicyclic) bond motifs is 1. The molecular weight excluding hydrogens is 969 g/mol. The van der Waals surface area contributed by atoms with Gasteiger partial charge in [0.05, 0.1) is 38.3 Å². The molecule has 3 aromatic carbocycles. The Labute approximate surface area is 445 Å². The van der Waals surface area contributed by atoms with Crippen LogP contribution in [0.15, 0.2) is 67.0 Å². The lowest BCUT2D eigenvalue weighted by Crippen LogP contribution is -2.66. The number of hydrogen-bond acceptors (Lipinski definition) is 12. The summed E-state index contributed by atoms with van der Waals surface area (Å²) in [5.74, 6) is -0.465. The average Bonchev–Trinajstić information content (AvgIpc) is 3.69. The summed E-state index contributed by atoms with van der Waals surface area (Å²) in [5.41, 5.74) is 3.42. The molecular formula is C58H76F2N11O5+. The van der Waals surface area contributed by atoms with Crippen LogP contribution >= 0.6 is 0 Å². The van der Waals surface area contributed by atoms with Crippen molar-refractivity contribution in [2.24, 2.45) is 10.8 Å². The zero-order chi connectivity index (χ0) is 54.4. The predicted octanol–water partition coefficient (Wildman–Crippen LogP) is 7.53. The standard InChI is InChI=1S/C58H75F2N11O5/c1-55(2)17-21-67(22-18-55)32-40-26-44(60)47(27-43(40)59)69-34-51(73)66-58(36-69)19-23-68(24-20-58)49-28-48(63-37-64-49)61-30-38-11-9-12-39(25-38)31-62-50(72)29-56(3,4)35-57(5,6)65-45-14-10-13-41-42(45)33-70(53(41)75)46-15-16-52(74)71(7,8)54(46)76/h9-14,25-28,37,46,65H,15-24,29-36H2,1-8H3,(H2-,61,62,63,64,66,72,73)/p+1. The van der Waals surface area contributed by atoms with E-state index in [0.717, 1.165) is 54.1 Å². The molecule has 1 atom stereocenters. The van der Waals surface area contributed by atoms with Gasteiger partial charge in [0, 0.05) is 92.3 Å². The van der Waals surface area contributed by atoms with Crippen molar-refractivity contribution in [3.8, 4) is 0 Å². The molecule has 4 saturated heterocycles. The minimum absolute atomic E-state index is 0.0416. The fourth-order valence-electron chi connectivity index (χ4n) is 12.3. The first-order valence-corrected chi connectivity index (χ1v) is 26.9. The van der Waals surface area contributed by atoms with Gasteiger partial charge in [-0.15, -0.1) is 0 Å². The Bertz CT molecular complexity index is 2890. The van der Waals surface area contributed by atoms with E-state index < -0.39 is 34.2 Å². The Morgan fingerprint density at radius 2 is 1.55 bits per heavy atom. The fraction of sp³-hybridized carbons (Fsp3) is 0.534. The summed E-state index contributed by atoms with van der Waals surface area (Å²) in [6, 6.07) is 17.4. The van der Waals surface area contributed by atoms with E-state index in [1.165, 1.54) is 18.5 Å². The number of piperazine rings is 1. The Morgan fingerprint density at radius 1 is 0.842 bits per heavy atom. The van der Waals surface area contributed by atoms with Crippen LogP contribution in [0.4, 0.5) is 31.8 Å². The lowest BCUT2D eigenvalue weighted by molar-refractivity contribution is -0.739. The Hall–Kier alpha value is -6.53. The molecule has 0 bridgehead atoms. The number of likely N-dealkylation sites (tertiary alicyclic amines) is 2. The molecule has 4 aromatic rings. The van der Waals surface area contributed by atoms with Crippen molar-refractivity contribution >= 4 is 52.5 Å². The molecule has 18 heteroatoms.